The third-order valence-corrected chi connectivity index (χ3v) is 10.7. The van der Waals surface area contributed by atoms with Gasteiger partial charge in [0, 0.05) is 17.3 Å². The molecular formula is C32H47N5O8S3. The Bertz CT molecular complexity index is 1850. The number of phenols is 1. The fourth-order valence-corrected chi connectivity index (χ4v) is 7.50. The van der Waals surface area contributed by atoms with Gasteiger partial charge >= 0.3 is 0 Å². The second-order valence-electron chi connectivity index (χ2n) is 11.8. The molecule has 266 valence electrons. The van der Waals surface area contributed by atoms with Gasteiger partial charge in [-0.05, 0) is 42.8 Å². The van der Waals surface area contributed by atoms with Crippen LogP contribution in [0.1, 0.15) is 96.8 Å². The Balaban J connectivity index is 1.68. The molecule has 0 radical (unpaired) electrons. The third kappa shape index (κ3) is 12.7. The minimum atomic E-state index is -4.44. The first kappa shape index (κ1) is 39.3. The van der Waals surface area contributed by atoms with Gasteiger partial charge in [0.1, 0.15) is 10.6 Å². The number of benzene rings is 3. The minimum absolute atomic E-state index is 0.0215. The number of rotatable bonds is 22. The number of sulfonamides is 1. The predicted octanol–water partition coefficient (Wildman–Crippen LogP) is 7.58. The van der Waals surface area contributed by atoms with Crippen LogP contribution in [0.25, 0.3) is 10.8 Å². The van der Waals surface area contributed by atoms with Crippen molar-refractivity contribution in [1.29, 1.82) is 0 Å². The molecule has 48 heavy (non-hydrogen) atoms. The fourth-order valence-electron chi connectivity index (χ4n) is 5.35. The van der Waals surface area contributed by atoms with Gasteiger partial charge in [-0.3, -0.25) is 9.27 Å². The molecule has 0 amide bonds. The van der Waals surface area contributed by atoms with Crippen LogP contribution in [0, 0.1) is 0 Å². The van der Waals surface area contributed by atoms with Crippen LogP contribution in [0.2, 0.25) is 0 Å². The van der Waals surface area contributed by atoms with Crippen molar-refractivity contribution in [3.63, 3.8) is 0 Å². The second kappa shape index (κ2) is 18.6. The van der Waals surface area contributed by atoms with E-state index in [-0.39, 0.29) is 39.3 Å². The molecule has 0 heterocycles. The monoisotopic (exact) mass is 725 g/mol. The van der Waals surface area contributed by atoms with Crippen LogP contribution in [-0.4, -0.2) is 41.5 Å². The number of aromatic hydroxyl groups is 1. The summed E-state index contributed by atoms with van der Waals surface area (Å²) in [6.45, 7) is 2.38. The molecule has 0 aliphatic carbocycles. The molecule has 0 saturated carbocycles. The Hall–Kier alpha value is -3.15. The molecule has 0 saturated heterocycles. The van der Waals surface area contributed by atoms with Crippen molar-refractivity contribution in [2.45, 2.75) is 107 Å². The summed E-state index contributed by atoms with van der Waals surface area (Å²) in [5, 5.41) is 24.4. The summed E-state index contributed by atoms with van der Waals surface area (Å²) in [7, 11) is -12.9. The van der Waals surface area contributed by atoms with Crippen LogP contribution in [0.4, 0.5) is 17.1 Å². The van der Waals surface area contributed by atoms with Gasteiger partial charge in [0.15, 0.2) is 0 Å². The lowest BCUT2D eigenvalue weighted by Gasteiger charge is -2.15. The first-order chi connectivity index (χ1) is 22.7. The molecule has 13 nitrogen and oxygen atoms in total. The Morgan fingerprint density at radius 3 is 1.79 bits per heavy atom. The van der Waals surface area contributed by atoms with Gasteiger partial charge in [0.2, 0.25) is 10.0 Å². The van der Waals surface area contributed by atoms with E-state index in [0.717, 1.165) is 43.9 Å². The van der Waals surface area contributed by atoms with Crippen LogP contribution >= 0.6 is 0 Å². The van der Waals surface area contributed by atoms with E-state index in [2.05, 4.69) is 26.6 Å². The van der Waals surface area contributed by atoms with Crippen LogP contribution in [0.15, 0.2) is 68.6 Å². The zero-order chi connectivity index (χ0) is 35.2. The maximum absolute atomic E-state index is 13.3. The number of nitrogens with two attached hydrogens (primary N) is 1. The molecule has 0 aliphatic heterocycles. The number of hydrogen-bond acceptors (Lipinski definition) is 9. The SMILES string of the molecule is CCCCCCCCCCCCCCCCNS(=O)(=O)c1cc(N=Nc2ccc(S(=O)(=O)O)cc2)c2c(NS(N)(=O)=O)cccc2c1O. The van der Waals surface area contributed by atoms with Gasteiger partial charge in [-0.25, -0.2) is 18.3 Å². The first-order valence-electron chi connectivity index (χ1n) is 16.3. The highest BCUT2D eigenvalue weighted by molar-refractivity contribution is 7.90. The highest BCUT2D eigenvalue weighted by Crippen LogP contribution is 2.42. The van der Waals surface area contributed by atoms with Gasteiger partial charge in [-0.15, -0.1) is 5.11 Å². The summed E-state index contributed by atoms with van der Waals surface area (Å²) in [5.41, 5.74) is -0.0635. The molecule has 3 rings (SSSR count). The highest BCUT2D eigenvalue weighted by atomic mass is 32.2. The number of hydrogen-bond donors (Lipinski definition) is 5. The van der Waals surface area contributed by atoms with E-state index < -0.39 is 41.0 Å². The summed E-state index contributed by atoms with van der Waals surface area (Å²) in [4.78, 5) is -0.849. The summed E-state index contributed by atoms with van der Waals surface area (Å²) in [5.74, 6) is -0.618. The van der Waals surface area contributed by atoms with Crippen molar-refractivity contribution in [1.82, 2.24) is 4.72 Å². The molecule has 6 N–H and O–H groups in total. The number of unbranched alkanes of at least 4 members (excludes halogenated alkanes) is 13. The third-order valence-electron chi connectivity index (χ3n) is 7.85. The lowest BCUT2D eigenvalue weighted by atomic mass is 10.0. The lowest BCUT2D eigenvalue weighted by molar-refractivity contribution is 0.464. The van der Waals surface area contributed by atoms with E-state index in [1.807, 2.05) is 0 Å². The van der Waals surface area contributed by atoms with E-state index in [9.17, 15) is 34.9 Å². The Morgan fingerprint density at radius 2 is 1.27 bits per heavy atom. The fraction of sp³-hybridized carbons (Fsp3) is 0.500. The smallest absolute Gasteiger partial charge is 0.296 e. The van der Waals surface area contributed by atoms with Gasteiger partial charge in [0.05, 0.1) is 22.0 Å². The quantitative estimate of drug-likeness (QED) is 0.0394. The number of anilines is 1. The number of phenolic OH excluding ortho intramolecular Hbond substituents is 1. The van der Waals surface area contributed by atoms with Crippen molar-refractivity contribution < 1.29 is 34.9 Å². The number of nitrogens with one attached hydrogen (secondary N) is 2. The maximum atomic E-state index is 13.3. The van der Waals surface area contributed by atoms with Crippen molar-refractivity contribution in [3.8, 4) is 5.75 Å². The Morgan fingerprint density at radius 1 is 0.729 bits per heavy atom. The van der Waals surface area contributed by atoms with Crippen molar-refractivity contribution in [2.24, 2.45) is 15.4 Å². The average Bonchev–Trinajstić information content (AvgIpc) is 3.01. The maximum Gasteiger partial charge on any atom is 0.296 e. The van der Waals surface area contributed by atoms with Crippen molar-refractivity contribution in [3.05, 3.63) is 48.5 Å². The van der Waals surface area contributed by atoms with Gasteiger partial charge < -0.3 is 5.11 Å². The average molecular weight is 726 g/mol. The minimum Gasteiger partial charge on any atom is -0.506 e. The molecule has 0 bridgehead atoms. The lowest BCUT2D eigenvalue weighted by Crippen LogP contribution is -2.25. The molecule has 3 aromatic rings. The summed E-state index contributed by atoms with van der Waals surface area (Å²) in [6.07, 6.45) is 16.4. The predicted molar refractivity (Wildman–Crippen MR) is 188 cm³/mol. The molecule has 0 aliphatic rings. The van der Waals surface area contributed by atoms with Crippen LogP contribution in [-0.2, 0) is 30.4 Å². The topological polar surface area (TPSA) is 218 Å². The zero-order valence-corrected chi connectivity index (χ0v) is 29.7. The van der Waals surface area contributed by atoms with E-state index in [0.29, 0.717) is 6.42 Å². The zero-order valence-electron chi connectivity index (χ0n) is 27.3. The Kier molecular flexibility index (Phi) is 15.2. The molecule has 16 heteroatoms. The summed E-state index contributed by atoms with van der Waals surface area (Å²) in [6, 6.07) is 9.94. The van der Waals surface area contributed by atoms with Gasteiger partial charge in [-0.1, -0.05) is 103 Å². The van der Waals surface area contributed by atoms with E-state index in [1.165, 1.54) is 88.1 Å². The van der Waals surface area contributed by atoms with Crippen LogP contribution in [0.3, 0.4) is 0 Å². The summed E-state index contributed by atoms with van der Waals surface area (Å²) >= 11 is 0. The second-order valence-corrected chi connectivity index (χ2v) is 16.2. The largest absolute Gasteiger partial charge is 0.506 e. The molecule has 0 spiro atoms. The molecule has 0 unspecified atom stereocenters. The van der Waals surface area contributed by atoms with Crippen molar-refractivity contribution in [2.75, 3.05) is 11.3 Å². The van der Waals surface area contributed by atoms with Crippen LogP contribution in [0.5, 0.6) is 5.75 Å². The van der Waals surface area contributed by atoms with Crippen LogP contribution < -0.4 is 14.6 Å². The molecule has 3 aromatic carbocycles. The Labute approximate surface area is 284 Å². The highest BCUT2D eigenvalue weighted by Gasteiger charge is 2.24. The standard InChI is InChI=1S/C32H47N5O8S3/c1-2-3-4-5-6-7-8-9-10-11-12-13-14-15-23-34-46(39,40)30-24-29(36-35-25-19-21-26(22-20-25)47(41,42)43)31-27(32(30)38)17-16-18-28(31)37-48(33,44)45/h16-22,24,34,37-38H,2-15,23H2,1H3,(H2,33,44,45)(H,41,42,43). The molecule has 0 fully saturated rings. The van der Waals surface area contributed by atoms with E-state index in [1.54, 1.807) is 0 Å². The van der Waals surface area contributed by atoms with Gasteiger partial charge in [-0.2, -0.15) is 21.9 Å². The summed E-state index contributed by atoms with van der Waals surface area (Å²) < 4.78 is 87.0. The number of azo groups is 1. The first-order valence-corrected chi connectivity index (χ1v) is 20.8. The number of nitrogens with zero attached hydrogens (tertiary/aromatic N) is 2. The normalized spacial score (nSPS) is 12.6. The number of fused-ring (bicyclic) bond motifs is 1. The van der Waals surface area contributed by atoms with Gasteiger partial charge in [0.25, 0.3) is 20.3 Å². The van der Waals surface area contributed by atoms with Crippen molar-refractivity contribution >= 4 is 58.2 Å². The van der Waals surface area contributed by atoms with E-state index >= 15 is 0 Å². The molecular weight excluding hydrogens is 679 g/mol. The van der Waals surface area contributed by atoms with E-state index in [4.69, 9.17) is 5.14 Å². The molecule has 0 atom stereocenters. The molecule has 0 aromatic heterocycles.